The standard InChI is InChI=1S/C26H20FN3O/c27-25-14-8-7-13-24(25)26(31)29-28-19-20-15-17-23(18-16-20)30(21-9-3-1-4-10-21)22-11-5-2-6-12-22/h1-19H,(H,29,31)/b28-19-. The molecule has 0 radical (unpaired) electrons. The highest BCUT2D eigenvalue weighted by Gasteiger charge is 2.11. The summed E-state index contributed by atoms with van der Waals surface area (Å²) >= 11 is 0. The van der Waals surface area contributed by atoms with Crippen molar-refractivity contribution in [2.75, 3.05) is 4.90 Å². The molecule has 4 nitrogen and oxygen atoms in total. The minimum atomic E-state index is -0.592. The zero-order valence-electron chi connectivity index (χ0n) is 16.7. The minimum Gasteiger partial charge on any atom is -0.311 e. The van der Waals surface area contributed by atoms with E-state index in [2.05, 4.69) is 39.7 Å². The third-order valence-corrected chi connectivity index (χ3v) is 4.68. The van der Waals surface area contributed by atoms with Crippen LogP contribution in [0.2, 0.25) is 0 Å². The first-order valence-electron chi connectivity index (χ1n) is 9.80. The number of hydrogen-bond donors (Lipinski definition) is 1. The molecule has 0 aliphatic heterocycles. The Labute approximate surface area is 180 Å². The van der Waals surface area contributed by atoms with Crippen molar-refractivity contribution < 1.29 is 9.18 Å². The van der Waals surface area contributed by atoms with Crippen molar-refractivity contribution in [1.29, 1.82) is 0 Å². The smallest absolute Gasteiger partial charge is 0.274 e. The summed E-state index contributed by atoms with van der Waals surface area (Å²) in [6.07, 6.45) is 1.53. The first-order chi connectivity index (χ1) is 15.2. The van der Waals surface area contributed by atoms with Gasteiger partial charge in [-0.3, -0.25) is 4.79 Å². The minimum absolute atomic E-state index is 0.0450. The highest BCUT2D eigenvalue weighted by molar-refractivity contribution is 5.95. The highest BCUT2D eigenvalue weighted by atomic mass is 19.1. The molecule has 0 saturated heterocycles. The van der Waals surface area contributed by atoms with Crippen LogP contribution in [0.5, 0.6) is 0 Å². The van der Waals surface area contributed by atoms with Crippen LogP contribution in [-0.2, 0) is 0 Å². The zero-order chi connectivity index (χ0) is 21.5. The van der Waals surface area contributed by atoms with Crippen LogP contribution in [0.4, 0.5) is 21.5 Å². The highest BCUT2D eigenvalue weighted by Crippen LogP contribution is 2.33. The van der Waals surface area contributed by atoms with Crippen LogP contribution in [0.3, 0.4) is 0 Å². The molecule has 0 saturated carbocycles. The van der Waals surface area contributed by atoms with E-state index in [0.29, 0.717) is 0 Å². The van der Waals surface area contributed by atoms with E-state index in [4.69, 9.17) is 0 Å². The van der Waals surface area contributed by atoms with Gasteiger partial charge < -0.3 is 4.90 Å². The maximum Gasteiger partial charge on any atom is 0.274 e. The van der Waals surface area contributed by atoms with E-state index in [1.54, 1.807) is 6.07 Å². The van der Waals surface area contributed by atoms with Crippen LogP contribution in [-0.4, -0.2) is 12.1 Å². The van der Waals surface area contributed by atoms with Gasteiger partial charge in [-0.2, -0.15) is 5.10 Å². The van der Waals surface area contributed by atoms with Crippen molar-refractivity contribution >= 4 is 29.2 Å². The van der Waals surface area contributed by atoms with E-state index in [0.717, 1.165) is 22.6 Å². The number of nitrogens with zero attached hydrogens (tertiary/aromatic N) is 2. The zero-order valence-corrected chi connectivity index (χ0v) is 16.7. The molecule has 0 unspecified atom stereocenters. The van der Waals surface area contributed by atoms with Crippen molar-refractivity contribution in [1.82, 2.24) is 5.43 Å². The number of amides is 1. The number of halogens is 1. The SMILES string of the molecule is O=C(N/N=C\c1ccc(N(c2ccccc2)c2ccccc2)cc1)c1ccccc1F. The first-order valence-corrected chi connectivity index (χ1v) is 9.80. The third kappa shape index (κ3) is 4.85. The number of benzene rings is 4. The largest absolute Gasteiger partial charge is 0.311 e. The molecular formula is C26H20FN3O. The van der Waals surface area contributed by atoms with Gasteiger partial charge in [-0.1, -0.05) is 60.7 Å². The van der Waals surface area contributed by atoms with Crippen molar-refractivity contribution in [3.8, 4) is 0 Å². The molecule has 0 heterocycles. The normalized spacial score (nSPS) is 10.7. The summed E-state index contributed by atoms with van der Waals surface area (Å²) in [4.78, 5) is 14.2. The molecule has 4 rings (SSSR count). The summed E-state index contributed by atoms with van der Waals surface area (Å²) in [5, 5.41) is 3.95. The van der Waals surface area contributed by atoms with Crippen molar-refractivity contribution in [3.05, 3.63) is 126 Å². The Balaban J connectivity index is 1.52. The second-order valence-electron chi connectivity index (χ2n) is 6.78. The van der Waals surface area contributed by atoms with Gasteiger partial charge >= 0.3 is 0 Å². The molecule has 0 aromatic heterocycles. The van der Waals surface area contributed by atoms with Gasteiger partial charge in [0, 0.05) is 17.1 Å². The van der Waals surface area contributed by atoms with Gasteiger partial charge in [0.05, 0.1) is 11.8 Å². The molecular weight excluding hydrogens is 389 g/mol. The molecule has 152 valence electrons. The molecule has 0 fully saturated rings. The van der Waals surface area contributed by atoms with Gasteiger partial charge in [-0.05, 0) is 54.1 Å². The molecule has 0 aliphatic rings. The summed E-state index contributed by atoms with van der Waals surface area (Å²) in [6, 6.07) is 33.8. The second kappa shape index (κ2) is 9.50. The molecule has 0 aliphatic carbocycles. The molecule has 0 atom stereocenters. The number of anilines is 3. The molecule has 0 bridgehead atoms. The van der Waals surface area contributed by atoms with Crippen molar-refractivity contribution in [2.24, 2.45) is 5.10 Å². The summed E-state index contributed by atoms with van der Waals surface area (Å²) in [6.45, 7) is 0. The maximum atomic E-state index is 13.7. The average molecular weight is 409 g/mol. The summed E-state index contributed by atoms with van der Waals surface area (Å²) < 4.78 is 13.7. The molecule has 1 amide bonds. The van der Waals surface area contributed by atoms with E-state index < -0.39 is 11.7 Å². The molecule has 31 heavy (non-hydrogen) atoms. The first kappa shape index (κ1) is 20.0. The number of rotatable bonds is 6. The number of hydrazone groups is 1. The van der Waals surface area contributed by atoms with Gasteiger partial charge in [0.2, 0.25) is 0 Å². The summed E-state index contributed by atoms with van der Waals surface area (Å²) in [5.41, 5.74) is 6.20. The third-order valence-electron chi connectivity index (χ3n) is 4.68. The Hall–Kier alpha value is -4.25. The fourth-order valence-corrected chi connectivity index (χ4v) is 3.18. The molecule has 0 spiro atoms. The van der Waals surface area contributed by atoms with Crippen LogP contribution >= 0.6 is 0 Å². The Morgan fingerprint density at radius 1 is 0.710 bits per heavy atom. The number of carbonyl (C=O) groups excluding carboxylic acids is 1. The van der Waals surface area contributed by atoms with Crippen LogP contribution < -0.4 is 10.3 Å². The number of nitrogens with one attached hydrogen (secondary N) is 1. The molecule has 5 heteroatoms. The second-order valence-corrected chi connectivity index (χ2v) is 6.78. The molecule has 1 N–H and O–H groups in total. The summed E-state index contributed by atoms with van der Waals surface area (Å²) in [5.74, 6) is -1.17. The lowest BCUT2D eigenvalue weighted by Gasteiger charge is -2.25. The predicted octanol–water partition coefficient (Wildman–Crippen LogP) is 6.06. The van der Waals surface area contributed by atoms with E-state index >= 15 is 0 Å². The lowest BCUT2D eigenvalue weighted by molar-refractivity contribution is 0.0951. The Bertz CT molecular complexity index is 1140. The van der Waals surface area contributed by atoms with E-state index in [-0.39, 0.29) is 5.56 Å². The Morgan fingerprint density at radius 3 is 1.81 bits per heavy atom. The summed E-state index contributed by atoms with van der Waals surface area (Å²) in [7, 11) is 0. The fourth-order valence-electron chi connectivity index (χ4n) is 3.18. The van der Waals surface area contributed by atoms with Gasteiger partial charge in [-0.15, -0.1) is 0 Å². The lowest BCUT2D eigenvalue weighted by Crippen LogP contribution is -2.18. The van der Waals surface area contributed by atoms with Gasteiger partial charge in [0.15, 0.2) is 0 Å². The van der Waals surface area contributed by atoms with E-state index in [1.807, 2.05) is 60.7 Å². The van der Waals surface area contributed by atoms with E-state index in [1.165, 1.54) is 24.4 Å². The van der Waals surface area contributed by atoms with E-state index in [9.17, 15) is 9.18 Å². The quantitative estimate of drug-likeness (QED) is 0.311. The van der Waals surface area contributed by atoms with Gasteiger partial charge in [-0.25, -0.2) is 9.82 Å². The topological polar surface area (TPSA) is 44.7 Å². The number of carbonyl (C=O) groups is 1. The van der Waals surface area contributed by atoms with Crippen molar-refractivity contribution in [2.45, 2.75) is 0 Å². The van der Waals surface area contributed by atoms with Gasteiger partial charge in [0.1, 0.15) is 5.82 Å². The number of para-hydroxylation sites is 2. The monoisotopic (exact) mass is 409 g/mol. The van der Waals surface area contributed by atoms with Crippen molar-refractivity contribution in [3.63, 3.8) is 0 Å². The lowest BCUT2D eigenvalue weighted by atomic mass is 10.1. The van der Waals surface area contributed by atoms with Gasteiger partial charge in [0.25, 0.3) is 5.91 Å². The van der Waals surface area contributed by atoms with Crippen LogP contribution in [0, 0.1) is 5.82 Å². The predicted molar refractivity (Wildman–Crippen MR) is 123 cm³/mol. The van der Waals surface area contributed by atoms with Crippen LogP contribution in [0.15, 0.2) is 114 Å². The fraction of sp³-hybridized carbons (Fsp3) is 0. The average Bonchev–Trinajstić information content (AvgIpc) is 2.82. The maximum absolute atomic E-state index is 13.7. The Kier molecular flexibility index (Phi) is 6.14. The number of hydrogen-bond acceptors (Lipinski definition) is 3. The molecule has 4 aromatic rings. The van der Waals surface area contributed by atoms with Crippen LogP contribution in [0.1, 0.15) is 15.9 Å². The molecule has 4 aromatic carbocycles. The Morgan fingerprint density at radius 2 is 1.23 bits per heavy atom. The van der Waals surface area contributed by atoms with Crippen LogP contribution in [0.25, 0.3) is 0 Å².